The highest BCUT2D eigenvalue weighted by atomic mass is 35.5. The maximum absolute atomic E-state index is 6.09. The topological polar surface area (TPSA) is 46.0 Å². The molecule has 1 saturated heterocycles. The van der Waals surface area contributed by atoms with Crippen molar-refractivity contribution < 1.29 is 0 Å². The van der Waals surface area contributed by atoms with Gasteiger partial charge < -0.3 is 14.8 Å². The summed E-state index contributed by atoms with van der Waals surface area (Å²) in [6.07, 6.45) is 5.50. The quantitative estimate of drug-likeness (QED) is 0.348. The third-order valence-corrected chi connectivity index (χ3v) is 6.52. The van der Waals surface area contributed by atoms with E-state index in [1.165, 1.54) is 5.56 Å². The zero-order valence-corrected chi connectivity index (χ0v) is 20.0. The second kappa shape index (κ2) is 8.96. The maximum Gasteiger partial charge on any atom is 0.174 e. The van der Waals surface area contributed by atoms with Crippen molar-refractivity contribution in [3.8, 4) is 5.82 Å². The Hall–Kier alpha value is -3.22. The number of anilines is 1. The minimum Gasteiger partial charge on any atom is -0.351 e. The highest BCUT2D eigenvalue weighted by molar-refractivity contribution is 7.80. The molecule has 0 unspecified atom stereocenters. The molecule has 4 aromatic rings. The Morgan fingerprint density at radius 2 is 1.79 bits per heavy atom. The minimum absolute atomic E-state index is 0.121. The van der Waals surface area contributed by atoms with E-state index in [1.807, 2.05) is 48.8 Å². The lowest BCUT2D eigenvalue weighted by Crippen LogP contribution is -2.30. The van der Waals surface area contributed by atoms with Crippen LogP contribution in [-0.4, -0.2) is 19.6 Å². The fourth-order valence-electron chi connectivity index (χ4n) is 4.31. The van der Waals surface area contributed by atoms with Crippen molar-refractivity contribution in [2.75, 3.05) is 4.90 Å². The van der Waals surface area contributed by atoms with Gasteiger partial charge in [-0.25, -0.2) is 4.98 Å². The molecule has 1 fully saturated rings. The second-order valence-corrected chi connectivity index (χ2v) is 9.20. The van der Waals surface area contributed by atoms with E-state index in [9.17, 15) is 0 Å². The van der Waals surface area contributed by atoms with Crippen LogP contribution in [0, 0.1) is 0 Å². The monoisotopic (exact) mass is 473 g/mol. The molecule has 0 amide bonds. The molecular formula is C26H24ClN5S. The number of halogens is 1. The molecule has 33 heavy (non-hydrogen) atoms. The second-order valence-electron chi connectivity index (χ2n) is 8.38. The Morgan fingerprint density at radius 1 is 0.970 bits per heavy atom. The van der Waals surface area contributed by atoms with Gasteiger partial charge >= 0.3 is 0 Å². The average Bonchev–Trinajstić information content (AvgIpc) is 3.44. The van der Waals surface area contributed by atoms with E-state index in [0.29, 0.717) is 16.1 Å². The van der Waals surface area contributed by atoms with Crippen LogP contribution in [0.5, 0.6) is 0 Å². The number of benzene rings is 1. The van der Waals surface area contributed by atoms with Crippen molar-refractivity contribution in [1.29, 1.82) is 0 Å². The first kappa shape index (κ1) is 21.6. The minimum atomic E-state index is -0.121. The molecule has 7 heteroatoms. The molecule has 3 aromatic heterocycles. The molecule has 0 radical (unpaired) electrons. The molecule has 1 aromatic carbocycles. The predicted octanol–water partition coefficient (Wildman–Crippen LogP) is 6.22. The smallest absolute Gasteiger partial charge is 0.174 e. The van der Waals surface area contributed by atoms with Crippen molar-refractivity contribution in [2.45, 2.75) is 31.8 Å². The van der Waals surface area contributed by atoms with Gasteiger partial charge in [0.05, 0.1) is 16.8 Å². The summed E-state index contributed by atoms with van der Waals surface area (Å²) >= 11 is 11.9. The van der Waals surface area contributed by atoms with Gasteiger partial charge in [0.2, 0.25) is 0 Å². The van der Waals surface area contributed by atoms with Crippen LogP contribution in [0.3, 0.4) is 0 Å². The molecule has 0 aliphatic carbocycles. The van der Waals surface area contributed by atoms with Gasteiger partial charge in [0.25, 0.3) is 0 Å². The molecule has 5 nitrogen and oxygen atoms in total. The molecule has 0 spiro atoms. The van der Waals surface area contributed by atoms with Gasteiger partial charge in [-0.1, -0.05) is 43.6 Å². The van der Waals surface area contributed by atoms with Gasteiger partial charge in [-0.3, -0.25) is 4.98 Å². The summed E-state index contributed by atoms with van der Waals surface area (Å²) in [7, 11) is 0. The largest absolute Gasteiger partial charge is 0.351 e. The molecule has 166 valence electrons. The fraction of sp³-hybridized carbons (Fsp3) is 0.192. The van der Waals surface area contributed by atoms with Gasteiger partial charge in [-0.05, 0) is 72.2 Å². The summed E-state index contributed by atoms with van der Waals surface area (Å²) in [6.45, 7) is 4.39. The van der Waals surface area contributed by atoms with Gasteiger partial charge in [-0.2, -0.15) is 0 Å². The summed E-state index contributed by atoms with van der Waals surface area (Å²) in [5.74, 6) is 1.26. The molecule has 0 saturated carbocycles. The normalized spacial score (nSPS) is 18.1. The Bertz CT molecular complexity index is 1250. The molecule has 0 bridgehead atoms. The van der Waals surface area contributed by atoms with E-state index in [0.717, 1.165) is 22.9 Å². The highest BCUT2D eigenvalue weighted by Crippen LogP contribution is 2.42. The zero-order valence-electron chi connectivity index (χ0n) is 18.4. The number of rotatable bonds is 5. The van der Waals surface area contributed by atoms with Crippen LogP contribution in [0.25, 0.3) is 5.82 Å². The SMILES string of the molecule is CC(C)c1ccc(N2C(=S)N[C@@H](c3ccccn3)[C@H]2c2cccn2-c2ccc(Cl)cn2)cc1. The van der Waals surface area contributed by atoms with Crippen molar-refractivity contribution in [3.63, 3.8) is 0 Å². The fourth-order valence-corrected chi connectivity index (χ4v) is 4.77. The Morgan fingerprint density at radius 3 is 2.45 bits per heavy atom. The summed E-state index contributed by atoms with van der Waals surface area (Å²) in [5.41, 5.74) is 4.32. The Balaban J connectivity index is 1.63. The van der Waals surface area contributed by atoms with E-state index < -0.39 is 0 Å². The number of pyridine rings is 2. The van der Waals surface area contributed by atoms with Crippen LogP contribution in [0.4, 0.5) is 5.69 Å². The van der Waals surface area contributed by atoms with E-state index in [2.05, 4.69) is 68.9 Å². The number of hydrogen-bond donors (Lipinski definition) is 1. The molecule has 2 atom stereocenters. The first-order valence-corrected chi connectivity index (χ1v) is 11.7. The van der Waals surface area contributed by atoms with Crippen molar-refractivity contribution >= 4 is 34.6 Å². The molecular weight excluding hydrogens is 450 g/mol. The van der Waals surface area contributed by atoms with E-state index >= 15 is 0 Å². The number of nitrogens with zero attached hydrogens (tertiary/aromatic N) is 4. The first-order chi connectivity index (χ1) is 16.0. The molecule has 1 aliphatic heterocycles. The third kappa shape index (κ3) is 4.12. The van der Waals surface area contributed by atoms with Crippen molar-refractivity contribution in [2.24, 2.45) is 0 Å². The van der Waals surface area contributed by atoms with Crippen LogP contribution in [0.2, 0.25) is 5.02 Å². The van der Waals surface area contributed by atoms with Crippen LogP contribution in [-0.2, 0) is 0 Å². The summed E-state index contributed by atoms with van der Waals surface area (Å²) in [5, 5.41) is 4.80. The van der Waals surface area contributed by atoms with Crippen LogP contribution >= 0.6 is 23.8 Å². The van der Waals surface area contributed by atoms with E-state index in [-0.39, 0.29) is 12.1 Å². The van der Waals surface area contributed by atoms with E-state index in [1.54, 1.807) is 6.20 Å². The zero-order chi connectivity index (χ0) is 22.9. The standard InChI is InChI=1S/C26H24ClN5S/c1-17(2)18-8-11-20(12-9-18)32-25(24(30-26(32)33)21-6-3-4-14-28-21)22-7-5-15-31(22)23-13-10-19(27)16-29-23/h3-17,24-25H,1-2H3,(H,30,33)/t24-,25+/m0/s1. The lowest BCUT2D eigenvalue weighted by atomic mass is 9.99. The van der Waals surface area contributed by atoms with Crippen LogP contribution < -0.4 is 10.2 Å². The predicted molar refractivity (Wildman–Crippen MR) is 137 cm³/mol. The van der Waals surface area contributed by atoms with Gasteiger partial charge in [0.15, 0.2) is 5.11 Å². The molecule has 1 N–H and O–H groups in total. The van der Waals surface area contributed by atoms with Crippen molar-refractivity contribution in [3.05, 3.63) is 107 Å². The molecule has 1 aliphatic rings. The number of hydrogen-bond acceptors (Lipinski definition) is 3. The van der Waals surface area contributed by atoms with Gasteiger partial charge in [0, 0.05) is 30.0 Å². The maximum atomic E-state index is 6.09. The molecule has 4 heterocycles. The summed E-state index contributed by atoms with van der Waals surface area (Å²) in [6, 6.07) is 22.3. The lowest BCUT2D eigenvalue weighted by Gasteiger charge is -2.29. The van der Waals surface area contributed by atoms with E-state index in [4.69, 9.17) is 23.8 Å². The molecule has 5 rings (SSSR count). The van der Waals surface area contributed by atoms with Gasteiger partial charge in [0.1, 0.15) is 11.9 Å². The first-order valence-electron chi connectivity index (χ1n) is 10.9. The number of aromatic nitrogens is 3. The van der Waals surface area contributed by atoms with Gasteiger partial charge in [-0.15, -0.1) is 0 Å². The van der Waals surface area contributed by atoms with Crippen LogP contribution in [0.15, 0.2) is 85.3 Å². The summed E-state index contributed by atoms with van der Waals surface area (Å²) < 4.78 is 2.09. The highest BCUT2D eigenvalue weighted by Gasteiger charge is 2.42. The number of nitrogens with one attached hydrogen (secondary N) is 1. The van der Waals surface area contributed by atoms with Crippen molar-refractivity contribution in [1.82, 2.24) is 19.9 Å². The average molecular weight is 474 g/mol. The Kier molecular flexibility index (Phi) is 5.87. The van der Waals surface area contributed by atoms with Crippen LogP contribution in [0.1, 0.15) is 48.8 Å². The number of thiocarbonyl (C=S) groups is 1. The third-order valence-electron chi connectivity index (χ3n) is 5.98. The lowest BCUT2D eigenvalue weighted by molar-refractivity contribution is 0.548. The summed E-state index contributed by atoms with van der Waals surface area (Å²) in [4.78, 5) is 11.4. The Labute approximate surface area is 204 Å².